The van der Waals surface area contributed by atoms with E-state index in [-0.39, 0.29) is 0 Å². The fraction of sp³-hybridized carbons (Fsp3) is 0. The molecular formula is C8H5BrN2S. The smallest absolute Gasteiger partial charge is 0.160 e. The van der Waals surface area contributed by atoms with Crippen LogP contribution in [0.2, 0.25) is 0 Å². The van der Waals surface area contributed by atoms with Gasteiger partial charge in [-0.1, -0.05) is 0 Å². The molecule has 0 bridgehead atoms. The van der Waals surface area contributed by atoms with Gasteiger partial charge < -0.3 is 0 Å². The van der Waals surface area contributed by atoms with Crippen LogP contribution in [0, 0.1) is 0 Å². The van der Waals surface area contributed by atoms with Crippen molar-refractivity contribution in [3.63, 3.8) is 0 Å². The number of hydrogen-bond donors (Lipinski definition) is 0. The first-order valence-corrected chi connectivity index (χ1v) is 5.10. The van der Waals surface area contributed by atoms with Gasteiger partial charge in [0, 0.05) is 23.3 Å². The molecule has 0 fully saturated rings. The van der Waals surface area contributed by atoms with E-state index < -0.39 is 0 Å². The molecule has 2 heterocycles. The van der Waals surface area contributed by atoms with E-state index in [1.807, 2.05) is 16.8 Å². The van der Waals surface area contributed by atoms with Gasteiger partial charge in [0.05, 0.1) is 4.47 Å². The van der Waals surface area contributed by atoms with Crippen LogP contribution in [0.4, 0.5) is 0 Å². The van der Waals surface area contributed by atoms with E-state index in [0.29, 0.717) is 0 Å². The summed E-state index contributed by atoms with van der Waals surface area (Å²) in [5, 5.41) is 4.05. The van der Waals surface area contributed by atoms with Crippen LogP contribution >= 0.6 is 27.3 Å². The fourth-order valence-electron chi connectivity index (χ4n) is 0.853. The minimum atomic E-state index is 0.777. The first-order valence-electron chi connectivity index (χ1n) is 3.36. The van der Waals surface area contributed by atoms with Crippen LogP contribution in [0.25, 0.3) is 11.4 Å². The first-order chi connectivity index (χ1) is 5.86. The van der Waals surface area contributed by atoms with Gasteiger partial charge in [-0.15, -0.1) is 0 Å². The highest BCUT2D eigenvalue weighted by atomic mass is 79.9. The summed E-state index contributed by atoms with van der Waals surface area (Å²) in [6.07, 6.45) is 3.50. The Labute approximate surface area is 82.4 Å². The SMILES string of the molecule is Brc1cnc(-c2ccsc2)nc1. The zero-order valence-corrected chi connectivity index (χ0v) is 8.47. The molecule has 0 aliphatic heterocycles. The molecule has 2 nitrogen and oxygen atoms in total. The second-order valence-corrected chi connectivity index (χ2v) is 3.93. The molecule has 0 amide bonds. The Kier molecular flexibility index (Phi) is 2.19. The van der Waals surface area contributed by atoms with Gasteiger partial charge in [-0.3, -0.25) is 0 Å². The molecule has 0 radical (unpaired) electrons. The van der Waals surface area contributed by atoms with E-state index in [9.17, 15) is 0 Å². The minimum Gasteiger partial charge on any atom is -0.235 e. The Morgan fingerprint density at radius 2 is 2.00 bits per heavy atom. The Morgan fingerprint density at radius 1 is 1.25 bits per heavy atom. The highest BCUT2D eigenvalue weighted by Gasteiger charge is 1.99. The predicted molar refractivity (Wildman–Crippen MR) is 53.0 cm³/mol. The molecule has 0 N–H and O–H groups in total. The number of halogens is 1. The quantitative estimate of drug-likeness (QED) is 0.767. The summed E-state index contributed by atoms with van der Waals surface area (Å²) in [4.78, 5) is 8.34. The van der Waals surface area contributed by atoms with E-state index in [1.54, 1.807) is 23.7 Å². The Balaban J connectivity index is 2.43. The lowest BCUT2D eigenvalue weighted by molar-refractivity contribution is 1.16. The maximum Gasteiger partial charge on any atom is 0.160 e. The number of thiophene rings is 1. The molecule has 0 aromatic carbocycles. The zero-order chi connectivity index (χ0) is 8.39. The maximum atomic E-state index is 4.17. The van der Waals surface area contributed by atoms with Gasteiger partial charge in [-0.25, -0.2) is 9.97 Å². The van der Waals surface area contributed by atoms with Crippen LogP contribution in [0.3, 0.4) is 0 Å². The lowest BCUT2D eigenvalue weighted by Gasteiger charge is -1.93. The third kappa shape index (κ3) is 1.54. The van der Waals surface area contributed by atoms with Gasteiger partial charge in [0.1, 0.15) is 0 Å². The third-order valence-corrected chi connectivity index (χ3v) is 2.49. The topological polar surface area (TPSA) is 25.8 Å². The predicted octanol–water partition coefficient (Wildman–Crippen LogP) is 2.97. The molecule has 4 heteroatoms. The largest absolute Gasteiger partial charge is 0.235 e. The summed E-state index contributed by atoms with van der Waals surface area (Å²) in [5.74, 6) is 0.777. The van der Waals surface area contributed by atoms with E-state index in [2.05, 4.69) is 25.9 Å². The lowest BCUT2D eigenvalue weighted by atomic mass is 10.3. The molecule has 0 saturated heterocycles. The van der Waals surface area contributed by atoms with Gasteiger partial charge >= 0.3 is 0 Å². The van der Waals surface area contributed by atoms with Crippen LogP contribution in [0.1, 0.15) is 0 Å². The van der Waals surface area contributed by atoms with Crippen LogP contribution in [0.5, 0.6) is 0 Å². The third-order valence-electron chi connectivity index (χ3n) is 1.40. The molecule has 0 aliphatic rings. The lowest BCUT2D eigenvalue weighted by Crippen LogP contribution is -1.84. The monoisotopic (exact) mass is 240 g/mol. The van der Waals surface area contributed by atoms with Crippen molar-refractivity contribution in [3.8, 4) is 11.4 Å². The van der Waals surface area contributed by atoms with Crippen molar-refractivity contribution in [2.75, 3.05) is 0 Å². The number of hydrogen-bond acceptors (Lipinski definition) is 3. The van der Waals surface area contributed by atoms with Crippen molar-refractivity contribution in [1.29, 1.82) is 0 Å². The second kappa shape index (κ2) is 3.33. The number of nitrogens with zero attached hydrogens (tertiary/aromatic N) is 2. The molecule has 60 valence electrons. The van der Waals surface area contributed by atoms with Crippen LogP contribution in [0.15, 0.2) is 33.7 Å². The van der Waals surface area contributed by atoms with Crippen LogP contribution in [-0.4, -0.2) is 9.97 Å². The van der Waals surface area contributed by atoms with Crippen molar-refractivity contribution >= 4 is 27.3 Å². The Morgan fingerprint density at radius 3 is 2.58 bits per heavy atom. The summed E-state index contributed by atoms with van der Waals surface area (Å²) in [6.45, 7) is 0. The van der Waals surface area contributed by atoms with E-state index >= 15 is 0 Å². The highest BCUT2D eigenvalue weighted by molar-refractivity contribution is 9.10. The summed E-state index contributed by atoms with van der Waals surface area (Å²) in [6, 6.07) is 2.01. The normalized spacial score (nSPS) is 10.1. The Hall–Kier alpha value is -0.740. The zero-order valence-electron chi connectivity index (χ0n) is 6.07. The standard InChI is InChI=1S/C8H5BrN2S/c9-7-3-10-8(11-4-7)6-1-2-12-5-6/h1-5H. The molecule has 0 spiro atoms. The van der Waals surface area contributed by atoms with E-state index in [0.717, 1.165) is 15.9 Å². The highest BCUT2D eigenvalue weighted by Crippen LogP contribution is 2.18. The van der Waals surface area contributed by atoms with Crippen molar-refractivity contribution in [2.45, 2.75) is 0 Å². The molecule has 0 aliphatic carbocycles. The van der Waals surface area contributed by atoms with Crippen molar-refractivity contribution in [3.05, 3.63) is 33.7 Å². The summed E-state index contributed by atoms with van der Waals surface area (Å²) >= 11 is 4.93. The fourth-order valence-corrected chi connectivity index (χ4v) is 1.69. The van der Waals surface area contributed by atoms with Gasteiger partial charge in [0.15, 0.2) is 5.82 Å². The van der Waals surface area contributed by atoms with Gasteiger partial charge in [-0.05, 0) is 27.4 Å². The van der Waals surface area contributed by atoms with Crippen molar-refractivity contribution in [2.24, 2.45) is 0 Å². The molecular weight excluding hydrogens is 236 g/mol. The van der Waals surface area contributed by atoms with Gasteiger partial charge in [0.2, 0.25) is 0 Å². The molecule has 12 heavy (non-hydrogen) atoms. The van der Waals surface area contributed by atoms with Crippen molar-refractivity contribution in [1.82, 2.24) is 9.97 Å². The number of rotatable bonds is 1. The molecule has 2 rings (SSSR count). The van der Waals surface area contributed by atoms with Crippen molar-refractivity contribution < 1.29 is 0 Å². The summed E-state index contributed by atoms with van der Waals surface area (Å²) in [5.41, 5.74) is 1.08. The Bertz CT molecular complexity index is 355. The molecule has 0 atom stereocenters. The van der Waals surface area contributed by atoms with Gasteiger partial charge in [-0.2, -0.15) is 11.3 Å². The van der Waals surface area contributed by atoms with Crippen LogP contribution in [-0.2, 0) is 0 Å². The summed E-state index contributed by atoms with van der Waals surface area (Å²) < 4.78 is 0.904. The minimum absolute atomic E-state index is 0.777. The van der Waals surface area contributed by atoms with E-state index in [1.165, 1.54) is 0 Å². The van der Waals surface area contributed by atoms with E-state index in [4.69, 9.17) is 0 Å². The maximum absolute atomic E-state index is 4.17. The second-order valence-electron chi connectivity index (χ2n) is 2.24. The summed E-state index contributed by atoms with van der Waals surface area (Å²) in [7, 11) is 0. The molecule has 2 aromatic rings. The molecule has 0 saturated carbocycles. The average molecular weight is 241 g/mol. The average Bonchev–Trinajstić information content (AvgIpc) is 2.58. The van der Waals surface area contributed by atoms with Gasteiger partial charge in [0.25, 0.3) is 0 Å². The molecule has 2 aromatic heterocycles. The van der Waals surface area contributed by atoms with Crippen LogP contribution < -0.4 is 0 Å². The molecule has 0 unspecified atom stereocenters. The first kappa shape index (κ1) is 7.89. The number of aromatic nitrogens is 2.